The van der Waals surface area contributed by atoms with Gasteiger partial charge in [-0.1, -0.05) is 49.6 Å². The van der Waals surface area contributed by atoms with E-state index in [9.17, 15) is 0 Å². The van der Waals surface area contributed by atoms with Gasteiger partial charge in [0.15, 0.2) is 5.96 Å². The van der Waals surface area contributed by atoms with Gasteiger partial charge in [0, 0.05) is 19.2 Å². The number of nitrogens with zero attached hydrogens (tertiary/aromatic N) is 1. The zero-order valence-corrected chi connectivity index (χ0v) is 13.5. The van der Waals surface area contributed by atoms with E-state index in [1.807, 2.05) is 18.2 Å². The second-order valence-electron chi connectivity index (χ2n) is 5.99. The molecule has 1 fully saturated rings. The molecule has 0 amide bonds. The molecule has 0 aromatic heterocycles. The number of ether oxygens (including phenoxy) is 1. The molecule has 1 aliphatic carbocycles. The van der Waals surface area contributed by atoms with Crippen LogP contribution in [0.1, 0.15) is 50.5 Å². The van der Waals surface area contributed by atoms with Crippen molar-refractivity contribution in [3.63, 3.8) is 0 Å². The van der Waals surface area contributed by atoms with Crippen molar-refractivity contribution < 1.29 is 4.74 Å². The molecular weight excluding hydrogens is 274 g/mol. The summed E-state index contributed by atoms with van der Waals surface area (Å²) in [6.45, 7) is 2.25. The Bertz CT molecular complexity index is 427. The van der Waals surface area contributed by atoms with Gasteiger partial charge in [0.2, 0.25) is 0 Å². The Labute approximate surface area is 134 Å². The second kappa shape index (κ2) is 10.2. The van der Waals surface area contributed by atoms with Crippen LogP contribution in [0.3, 0.4) is 0 Å². The van der Waals surface area contributed by atoms with Crippen LogP contribution in [0.2, 0.25) is 0 Å². The molecule has 4 heteroatoms. The Hall–Kier alpha value is -1.55. The Morgan fingerprint density at radius 3 is 2.68 bits per heavy atom. The highest BCUT2D eigenvalue weighted by Crippen LogP contribution is 2.16. The van der Waals surface area contributed by atoms with E-state index >= 15 is 0 Å². The lowest BCUT2D eigenvalue weighted by atomic mass is 9.96. The van der Waals surface area contributed by atoms with Gasteiger partial charge in [0.05, 0.1) is 6.61 Å². The average Bonchev–Trinajstić information content (AvgIpc) is 2.56. The molecule has 1 aromatic carbocycles. The van der Waals surface area contributed by atoms with Crippen molar-refractivity contribution in [2.45, 2.75) is 57.6 Å². The minimum Gasteiger partial charge on any atom is -0.377 e. The maximum Gasteiger partial charge on any atom is 0.188 e. The van der Waals surface area contributed by atoms with Crippen molar-refractivity contribution in [1.82, 2.24) is 5.32 Å². The first-order chi connectivity index (χ1) is 10.8. The molecule has 0 atom stereocenters. The quantitative estimate of drug-likeness (QED) is 0.440. The number of benzene rings is 1. The summed E-state index contributed by atoms with van der Waals surface area (Å²) in [6.07, 6.45) is 8.47. The minimum atomic E-state index is 0.534. The molecule has 1 aliphatic rings. The maximum atomic E-state index is 5.93. The van der Waals surface area contributed by atoms with Gasteiger partial charge in [-0.25, -0.2) is 0 Å². The van der Waals surface area contributed by atoms with Crippen LogP contribution in [0.25, 0.3) is 0 Å². The molecule has 0 spiro atoms. The average molecular weight is 303 g/mol. The van der Waals surface area contributed by atoms with Crippen molar-refractivity contribution in [2.75, 3.05) is 13.2 Å². The molecular formula is C18H29N3O. The van der Waals surface area contributed by atoms with Gasteiger partial charge in [0.1, 0.15) is 0 Å². The summed E-state index contributed by atoms with van der Waals surface area (Å²) in [6, 6.07) is 10.8. The smallest absolute Gasteiger partial charge is 0.188 e. The highest BCUT2D eigenvalue weighted by molar-refractivity contribution is 5.78. The molecule has 0 unspecified atom stereocenters. The largest absolute Gasteiger partial charge is 0.377 e. The molecule has 1 saturated carbocycles. The summed E-state index contributed by atoms with van der Waals surface area (Å²) in [7, 11) is 0. The van der Waals surface area contributed by atoms with Gasteiger partial charge in [-0.15, -0.1) is 0 Å². The maximum absolute atomic E-state index is 5.93. The van der Waals surface area contributed by atoms with Crippen LogP contribution < -0.4 is 11.1 Å². The van der Waals surface area contributed by atoms with Crippen LogP contribution >= 0.6 is 0 Å². The third kappa shape index (κ3) is 6.94. The number of nitrogens with one attached hydrogen (secondary N) is 1. The third-order valence-electron chi connectivity index (χ3n) is 4.05. The standard InChI is InChI=1S/C18H29N3O/c19-18(21-17-11-5-2-6-12-17)20-13-7-8-14-22-15-16-9-3-1-4-10-16/h1,3-4,9-10,17H,2,5-8,11-15H2,(H3,19,20,21). The van der Waals surface area contributed by atoms with Crippen LogP contribution in [-0.2, 0) is 11.3 Å². The number of guanidine groups is 1. The summed E-state index contributed by atoms with van der Waals surface area (Å²) in [5.41, 5.74) is 7.15. The fourth-order valence-corrected chi connectivity index (χ4v) is 2.78. The predicted octanol–water partition coefficient (Wildman–Crippen LogP) is 3.22. The van der Waals surface area contributed by atoms with Crippen molar-refractivity contribution >= 4 is 5.96 Å². The SMILES string of the molecule is NC(=NCCCCOCc1ccccc1)NC1CCCCC1. The van der Waals surface area contributed by atoms with Crippen LogP contribution in [-0.4, -0.2) is 25.2 Å². The molecule has 0 bridgehead atoms. The lowest BCUT2D eigenvalue weighted by Crippen LogP contribution is -2.41. The fourth-order valence-electron chi connectivity index (χ4n) is 2.78. The molecule has 22 heavy (non-hydrogen) atoms. The summed E-state index contributed by atoms with van der Waals surface area (Å²) in [4.78, 5) is 4.40. The van der Waals surface area contributed by atoms with Crippen LogP contribution in [0.4, 0.5) is 0 Å². The third-order valence-corrected chi connectivity index (χ3v) is 4.05. The first kappa shape index (κ1) is 16.8. The molecule has 1 aromatic rings. The van der Waals surface area contributed by atoms with Gasteiger partial charge < -0.3 is 15.8 Å². The molecule has 122 valence electrons. The number of unbranched alkanes of at least 4 members (excludes halogenated alkanes) is 1. The first-order valence-electron chi connectivity index (χ1n) is 8.53. The Balaban J connectivity index is 1.48. The van der Waals surface area contributed by atoms with Crippen LogP contribution in [0, 0.1) is 0 Å². The van der Waals surface area contributed by atoms with E-state index in [1.54, 1.807) is 0 Å². The lowest BCUT2D eigenvalue weighted by Gasteiger charge is -2.23. The summed E-state index contributed by atoms with van der Waals surface area (Å²) in [5, 5.41) is 3.34. The monoisotopic (exact) mass is 303 g/mol. The lowest BCUT2D eigenvalue weighted by molar-refractivity contribution is 0.117. The summed E-state index contributed by atoms with van der Waals surface area (Å²) in [5.74, 6) is 0.608. The van der Waals surface area contributed by atoms with Crippen LogP contribution in [0.5, 0.6) is 0 Å². The van der Waals surface area contributed by atoms with Gasteiger partial charge in [-0.05, 0) is 31.2 Å². The highest BCUT2D eigenvalue weighted by atomic mass is 16.5. The van der Waals surface area contributed by atoms with E-state index in [2.05, 4.69) is 22.4 Å². The van der Waals surface area contributed by atoms with Crippen LogP contribution in [0.15, 0.2) is 35.3 Å². The molecule has 3 N–H and O–H groups in total. The highest BCUT2D eigenvalue weighted by Gasteiger charge is 2.12. The molecule has 0 aliphatic heterocycles. The Morgan fingerprint density at radius 1 is 1.14 bits per heavy atom. The number of rotatable bonds is 8. The molecule has 0 radical (unpaired) electrons. The minimum absolute atomic E-state index is 0.534. The fraction of sp³-hybridized carbons (Fsp3) is 0.611. The first-order valence-corrected chi connectivity index (χ1v) is 8.53. The van der Waals surface area contributed by atoms with Crippen molar-refractivity contribution in [3.05, 3.63) is 35.9 Å². The summed E-state index contributed by atoms with van der Waals surface area (Å²) >= 11 is 0. The van der Waals surface area contributed by atoms with E-state index in [4.69, 9.17) is 10.5 Å². The number of hydrogen-bond donors (Lipinski definition) is 2. The molecule has 0 heterocycles. The number of hydrogen-bond acceptors (Lipinski definition) is 2. The zero-order valence-electron chi connectivity index (χ0n) is 13.5. The Morgan fingerprint density at radius 2 is 1.91 bits per heavy atom. The van der Waals surface area contributed by atoms with E-state index in [0.717, 1.165) is 26.0 Å². The van der Waals surface area contributed by atoms with E-state index in [0.29, 0.717) is 18.6 Å². The molecule has 2 rings (SSSR count). The predicted molar refractivity (Wildman–Crippen MR) is 91.8 cm³/mol. The van der Waals surface area contributed by atoms with Gasteiger partial charge in [0.25, 0.3) is 0 Å². The van der Waals surface area contributed by atoms with Crippen molar-refractivity contribution in [3.8, 4) is 0 Å². The number of aliphatic imine (C=N–C) groups is 1. The number of nitrogens with two attached hydrogens (primary N) is 1. The van der Waals surface area contributed by atoms with E-state index in [-0.39, 0.29) is 0 Å². The molecule has 4 nitrogen and oxygen atoms in total. The van der Waals surface area contributed by atoms with Gasteiger partial charge in [-0.3, -0.25) is 4.99 Å². The van der Waals surface area contributed by atoms with Gasteiger partial charge in [-0.2, -0.15) is 0 Å². The van der Waals surface area contributed by atoms with Crippen molar-refractivity contribution in [2.24, 2.45) is 10.7 Å². The topological polar surface area (TPSA) is 59.6 Å². The Kier molecular flexibility index (Phi) is 7.81. The summed E-state index contributed by atoms with van der Waals surface area (Å²) < 4.78 is 5.65. The molecule has 0 saturated heterocycles. The second-order valence-corrected chi connectivity index (χ2v) is 5.99. The van der Waals surface area contributed by atoms with Crippen molar-refractivity contribution in [1.29, 1.82) is 0 Å². The van der Waals surface area contributed by atoms with E-state index in [1.165, 1.54) is 37.7 Å². The van der Waals surface area contributed by atoms with Gasteiger partial charge >= 0.3 is 0 Å². The zero-order chi connectivity index (χ0) is 15.5. The van der Waals surface area contributed by atoms with E-state index < -0.39 is 0 Å². The normalized spacial score (nSPS) is 16.6.